The Morgan fingerprint density at radius 1 is 0.216 bits per heavy atom. The molecule has 0 fully saturated rings. The van der Waals surface area contributed by atoms with Gasteiger partial charge in [-0.3, -0.25) is 0 Å². The van der Waals surface area contributed by atoms with Crippen molar-refractivity contribution >= 4 is 129 Å². The third-order valence-corrected chi connectivity index (χ3v) is 11.4. The molecule has 0 unspecified atom stereocenters. The first-order chi connectivity index (χ1) is 24.8. The Morgan fingerprint density at radius 3 is 0.569 bits per heavy atom. The van der Waals surface area contributed by atoms with Crippen molar-refractivity contribution in [3.8, 4) is 0 Å². The number of hydrogen-bond acceptors (Lipinski definition) is 9. The first kappa shape index (κ1) is 25.7. The fourth-order valence-electron chi connectivity index (χ4n) is 9.67. The summed E-state index contributed by atoms with van der Waals surface area (Å²) in [5.41, 5.74) is -5.16. The molecule has 234 valence electrons. The maximum Gasteiger partial charge on any atom is 0.346 e. The average molecular weight is 661 g/mol. The van der Waals surface area contributed by atoms with Gasteiger partial charge in [-0.05, 0) is 68.7 Å². The van der Waals surface area contributed by atoms with Gasteiger partial charge in [-0.15, -0.1) is 0 Å². The van der Waals surface area contributed by atoms with Gasteiger partial charge in [-0.25, -0.2) is 28.8 Å². The Kier molecular flexibility index (Phi) is 3.93. The molecule has 0 radical (unpaired) electrons. The summed E-state index contributed by atoms with van der Waals surface area (Å²) in [7, 11) is 0. The molecule has 0 aliphatic heterocycles. The molecule has 0 saturated carbocycles. The van der Waals surface area contributed by atoms with Gasteiger partial charge >= 0.3 is 33.8 Å². The topological polar surface area (TPSA) is 142 Å². The molecule has 0 spiro atoms. The van der Waals surface area contributed by atoms with Crippen LogP contribution in [0.2, 0.25) is 0 Å². The van der Waals surface area contributed by atoms with Crippen LogP contribution in [0.1, 0.15) is 0 Å². The average Bonchev–Trinajstić information content (AvgIpc) is 3.79. The Balaban J connectivity index is 1.69. The van der Waals surface area contributed by atoms with E-state index < -0.39 is 33.8 Å². The van der Waals surface area contributed by atoms with E-state index in [0.717, 1.165) is 0 Å². The van der Waals surface area contributed by atoms with Crippen LogP contribution in [0.15, 0.2) is 115 Å². The van der Waals surface area contributed by atoms with Gasteiger partial charge in [0.25, 0.3) is 0 Å². The van der Waals surface area contributed by atoms with E-state index in [2.05, 4.69) is 0 Å². The van der Waals surface area contributed by atoms with Crippen molar-refractivity contribution in [2.45, 2.75) is 0 Å². The van der Waals surface area contributed by atoms with E-state index in [1.165, 1.54) is 0 Å². The molecule has 0 amide bonds. The monoisotopic (exact) mass is 660 g/mol. The van der Waals surface area contributed by atoms with Gasteiger partial charge in [0.05, 0.1) is 32.3 Å². The zero-order valence-corrected chi connectivity index (χ0v) is 25.6. The SMILES string of the molecule is O=c1oc(=O)c2ccc3ccc4c(=O)oc(=O)c5ccc6ccc7c(=O)oc(=O)c8ccc9ccc1c1c9c8c8c1c1c2c3c4c1c1c5c6c7c81. The molecular weight excluding hydrogens is 648 g/mol. The lowest BCUT2D eigenvalue weighted by molar-refractivity contribution is 0.491. The Morgan fingerprint density at radius 2 is 0.392 bits per heavy atom. The fourth-order valence-corrected chi connectivity index (χ4v) is 9.67. The molecule has 3 heterocycles. The first-order valence-corrected chi connectivity index (χ1v) is 16.2. The van der Waals surface area contributed by atoms with Crippen molar-refractivity contribution < 1.29 is 13.3 Å². The highest BCUT2D eigenvalue weighted by atomic mass is 16.4. The lowest BCUT2D eigenvalue weighted by atomic mass is 9.95. The molecule has 13 aromatic rings. The maximum absolute atomic E-state index is 14.0. The van der Waals surface area contributed by atoms with Gasteiger partial charge < -0.3 is 13.3 Å². The minimum Gasteiger partial charge on any atom is -0.386 e. The maximum atomic E-state index is 14.0. The van der Waals surface area contributed by atoms with Gasteiger partial charge in [0, 0.05) is 64.6 Å². The third-order valence-electron chi connectivity index (χ3n) is 11.4. The molecule has 9 heteroatoms. The third kappa shape index (κ3) is 2.55. The highest BCUT2D eigenvalue weighted by Gasteiger charge is 2.32. The second-order valence-corrected chi connectivity index (χ2v) is 13.5. The molecule has 0 aliphatic rings. The lowest BCUT2D eigenvalue weighted by Gasteiger charge is -2.05. The highest BCUT2D eigenvalue weighted by molar-refractivity contribution is 6.60. The molecule has 0 N–H and O–H groups in total. The molecule has 51 heavy (non-hydrogen) atoms. The smallest absolute Gasteiger partial charge is 0.346 e. The summed E-state index contributed by atoms with van der Waals surface area (Å²) in [4.78, 5) is 84.2. The molecule has 0 atom stereocenters. The minimum atomic E-state index is -0.859. The van der Waals surface area contributed by atoms with Crippen LogP contribution in [0.5, 0.6) is 0 Å². The molecule has 3 aromatic heterocycles. The Labute approximate surface area is 277 Å². The zero-order valence-electron chi connectivity index (χ0n) is 25.6. The van der Waals surface area contributed by atoms with E-state index in [0.29, 0.717) is 97.0 Å². The Hall–Kier alpha value is -7.26. The van der Waals surface area contributed by atoms with E-state index in [-0.39, 0.29) is 32.3 Å². The second kappa shape index (κ2) is 7.79. The van der Waals surface area contributed by atoms with Crippen LogP contribution in [0.25, 0.3) is 129 Å². The summed E-state index contributed by atoms with van der Waals surface area (Å²) in [6.07, 6.45) is 0. The lowest BCUT2D eigenvalue weighted by Crippen LogP contribution is -2.08. The number of hydrogen-bond donors (Lipinski definition) is 0. The number of benzene rings is 7. The van der Waals surface area contributed by atoms with Crippen LogP contribution in [-0.2, 0) is 0 Å². The quantitative estimate of drug-likeness (QED) is 0.167. The van der Waals surface area contributed by atoms with Crippen molar-refractivity contribution in [2.75, 3.05) is 0 Å². The van der Waals surface area contributed by atoms with Crippen molar-refractivity contribution in [2.24, 2.45) is 0 Å². The summed E-state index contributed by atoms with van der Waals surface area (Å²) in [6.45, 7) is 0. The van der Waals surface area contributed by atoms with Crippen molar-refractivity contribution in [3.05, 3.63) is 135 Å². The van der Waals surface area contributed by atoms with Gasteiger partial charge in [0.1, 0.15) is 0 Å². The van der Waals surface area contributed by atoms with E-state index >= 15 is 0 Å². The fraction of sp³-hybridized carbons (Fsp3) is 0. The molecular formula is C42H12O9. The second-order valence-electron chi connectivity index (χ2n) is 13.5. The minimum absolute atomic E-state index is 0.116. The van der Waals surface area contributed by atoms with Crippen molar-refractivity contribution in [1.82, 2.24) is 0 Å². The predicted molar refractivity (Wildman–Crippen MR) is 198 cm³/mol. The molecule has 0 saturated heterocycles. The normalized spacial score (nSPS) is 13.2. The van der Waals surface area contributed by atoms with Crippen LogP contribution >= 0.6 is 0 Å². The molecule has 0 bridgehead atoms. The summed E-state index contributed by atoms with van der Waals surface area (Å²) in [5.74, 6) is 0. The van der Waals surface area contributed by atoms with Crippen molar-refractivity contribution in [3.63, 3.8) is 0 Å². The predicted octanol–water partition coefficient (Wildman–Crippen LogP) is 7.09. The highest BCUT2D eigenvalue weighted by Crippen LogP contribution is 2.57. The Bertz CT molecular complexity index is 3460. The van der Waals surface area contributed by atoms with E-state index in [9.17, 15) is 28.8 Å². The standard InChI is InChI=1S/C42H12O9/c43-37-16-7-1-13-2-8-17-26-22(13)25(16)31-32(26)34-28-19(40(46)50-38(17)44)10-4-15-6-12-21-30(24(15)28)36(34)35-29-20(41(47)51-42(21)48)11-5-14-3-9-18(39(45)49-37)27(23(14)29)33(31)35/h1-12H. The molecule has 9 nitrogen and oxygen atoms in total. The molecule has 10 aromatic carbocycles. The zero-order chi connectivity index (χ0) is 33.9. The van der Waals surface area contributed by atoms with Crippen LogP contribution < -0.4 is 33.8 Å². The van der Waals surface area contributed by atoms with E-state index in [1.54, 1.807) is 72.8 Å². The first-order valence-electron chi connectivity index (χ1n) is 16.2. The van der Waals surface area contributed by atoms with Crippen LogP contribution in [0.3, 0.4) is 0 Å². The number of rotatable bonds is 0. The van der Waals surface area contributed by atoms with Gasteiger partial charge in [-0.2, -0.15) is 0 Å². The van der Waals surface area contributed by atoms with Crippen LogP contribution in [0, 0.1) is 0 Å². The summed E-state index contributed by atoms with van der Waals surface area (Å²) < 4.78 is 16.8. The van der Waals surface area contributed by atoms with E-state index in [1.807, 2.05) is 0 Å². The van der Waals surface area contributed by atoms with Gasteiger partial charge in [0.15, 0.2) is 0 Å². The summed E-state index contributed by atoms with van der Waals surface area (Å²) in [5, 5.41) is 10.7. The van der Waals surface area contributed by atoms with Gasteiger partial charge in [-0.1, -0.05) is 36.4 Å². The summed E-state index contributed by atoms with van der Waals surface area (Å²) >= 11 is 0. The van der Waals surface area contributed by atoms with Crippen molar-refractivity contribution in [1.29, 1.82) is 0 Å². The molecule has 13 rings (SSSR count). The molecule has 0 aliphatic carbocycles. The largest absolute Gasteiger partial charge is 0.386 e. The van der Waals surface area contributed by atoms with Crippen LogP contribution in [0.4, 0.5) is 0 Å². The van der Waals surface area contributed by atoms with Crippen LogP contribution in [-0.4, -0.2) is 0 Å². The summed E-state index contributed by atoms with van der Waals surface area (Å²) in [6, 6.07) is 20.1. The van der Waals surface area contributed by atoms with E-state index in [4.69, 9.17) is 13.3 Å². The van der Waals surface area contributed by atoms with Gasteiger partial charge in [0.2, 0.25) is 0 Å².